The van der Waals surface area contributed by atoms with Gasteiger partial charge in [-0.2, -0.15) is 0 Å². The Labute approximate surface area is 116 Å². The van der Waals surface area contributed by atoms with Crippen molar-refractivity contribution >= 4 is 11.3 Å². The fourth-order valence-electron chi connectivity index (χ4n) is 1.90. The van der Waals surface area contributed by atoms with Crippen LogP contribution in [0.3, 0.4) is 0 Å². The highest BCUT2D eigenvalue weighted by Crippen LogP contribution is 2.26. The molecular weight excluding hydrogens is 263 g/mol. The summed E-state index contributed by atoms with van der Waals surface area (Å²) in [5.41, 5.74) is 9.06. The molecule has 0 spiro atoms. The van der Waals surface area contributed by atoms with E-state index in [0.29, 0.717) is 17.9 Å². The van der Waals surface area contributed by atoms with E-state index in [1.165, 1.54) is 10.9 Å². The summed E-state index contributed by atoms with van der Waals surface area (Å²) in [5.74, 6) is 0.207. The van der Waals surface area contributed by atoms with Gasteiger partial charge in [-0.1, -0.05) is 6.07 Å². The van der Waals surface area contributed by atoms with E-state index in [9.17, 15) is 4.39 Å². The Kier molecular flexibility index (Phi) is 4.50. The molecule has 2 N–H and O–H groups in total. The van der Waals surface area contributed by atoms with E-state index < -0.39 is 0 Å². The Balaban J connectivity index is 2.04. The number of aromatic nitrogens is 1. The number of rotatable bonds is 5. The van der Waals surface area contributed by atoms with Gasteiger partial charge in [-0.15, -0.1) is 11.3 Å². The second-order valence-corrected chi connectivity index (χ2v) is 5.34. The fraction of sp³-hybridized carbons (Fsp3) is 0.357. The molecule has 3 nitrogen and oxygen atoms in total. The van der Waals surface area contributed by atoms with E-state index in [0.717, 1.165) is 12.1 Å². The monoisotopic (exact) mass is 280 g/mol. The Hall–Kier alpha value is -1.46. The number of thiazole rings is 1. The lowest BCUT2D eigenvalue weighted by atomic mass is 10.1. The second-order valence-electron chi connectivity index (χ2n) is 4.40. The van der Waals surface area contributed by atoms with E-state index in [1.807, 2.05) is 12.4 Å². The van der Waals surface area contributed by atoms with E-state index >= 15 is 0 Å². The number of hydrogen-bond donors (Lipinski definition) is 1. The van der Waals surface area contributed by atoms with Crippen molar-refractivity contribution < 1.29 is 9.13 Å². The van der Waals surface area contributed by atoms with Crippen LogP contribution in [-0.4, -0.2) is 11.6 Å². The molecule has 2 rings (SSSR count). The van der Waals surface area contributed by atoms with Crippen molar-refractivity contribution in [1.29, 1.82) is 0 Å². The first kappa shape index (κ1) is 14.0. The third-order valence-electron chi connectivity index (χ3n) is 2.90. The first-order chi connectivity index (χ1) is 9.09. The molecule has 0 bridgehead atoms. The molecule has 102 valence electrons. The van der Waals surface area contributed by atoms with Gasteiger partial charge in [0, 0.05) is 22.9 Å². The van der Waals surface area contributed by atoms with Crippen LogP contribution in [0.15, 0.2) is 23.7 Å². The lowest BCUT2D eigenvalue weighted by Gasteiger charge is -2.14. The van der Waals surface area contributed by atoms with Crippen molar-refractivity contribution in [2.75, 3.05) is 6.61 Å². The molecule has 0 aliphatic rings. The lowest BCUT2D eigenvalue weighted by Crippen LogP contribution is -2.11. The molecule has 0 aliphatic carbocycles. The molecule has 1 aromatic heterocycles. The van der Waals surface area contributed by atoms with E-state index in [1.54, 1.807) is 30.4 Å². The van der Waals surface area contributed by atoms with Gasteiger partial charge in [-0.05, 0) is 26.0 Å². The fourth-order valence-corrected chi connectivity index (χ4v) is 2.67. The Morgan fingerprint density at radius 1 is 1.47 bits per heavy atom. The van der Waals surface area contributed by atoms with Gasteiger partial charge in [0.05, 0.1) is 17.8 Å². The van der Waals surface area contributed by atoms with Gasteiger partial charge in [0.1, 0.15) is 11.6 Å². The minimum absolute atomic E-state index is 0.318. The van der Waals surface area contributed by atoms with Crippen molar-refractivity contribution in [2.24, 2.45) is 5.73 Å². The predicted molar refractivity (Wildman–Crippen MR) is 75.1 cm³/mol. The molecule has 0 saturated heterocycles. The normalized spacial score (nSPS) is 12.4. The molecule has 0 saturated carbocycles. The molecule has 1 unspecified atom stereocenters. The maximum absolute atomic E-state index is 13.7. The minimum Gasteiger partial charge on any atom is -0.493 e. The van der Waals surface area contributed by atoms with Crippen LogP contribution in [0.4, 0.5) is 4.39 Å². The number of hydrogen-bond acceptors (Lipinski definition) is 4. The first-order valence-corrected chi connectivity index (χ1v) is 7.03. The lowest BCUT2D eigenvalue weighted by molar-refractivity contribution is 0.315. The quantitative estimate of drug-likeness (QED) is 0.914. The van der Waals surface area contributed by atoms with Crippen LogP contribution in [0.2, 0.25) is 0 Å². The Bertz CT molecular complexity index is 554. The maximum Gasteiger partial charge on any atom is 0.131 e. The average Bonchev–Trinajstić information content (AvgIpc) is 2.75. The largest absolute Gasteiger partial charge is 0.493 e. The van der Waals surface area contributed by atoms with Crippen molar-refractivity contribution in [2.45, 2.75) is 26.3 Å². The van der Waals surface area contributed by atoms with Crippen molar-refractivity contribution in [3.63, 3.8) is 0 Å². The average molecular weight is 280 g/mol. The van der Waals surface area contributed by atoms with Gasteiger partial charge >= 0.3 is 0 Å². The van der Waals surface area contributed by atoms with Crippen LogP contribution < -0.4 is 10.5 Å². The Morgan fingerprint density at radius 2 is 2.26 bits per heavy atom. The number of ether oxygens (including phenoxy) is 1. The summed E-state index contributed by atoms with van der Waals surface area (Å²) in [7, 11) is 0. The van der Waals surface area contributed by atoms with E-state index in [4.69, 9.17) is 10.5 Å². The van der Waals surface area contributed by atoms with Gasteiger partial charge in [-0.3, -0.25) is 0 Å². The highest BCUT2D eigenvalue weighted by atomic mass is 32.1. The third-order valence-corrected chi connectivity index (χ3v) is 3.89. The Morgan fingerprint density at radius 3 is 2.89 bits per heavy atom. The number of nitrogens with zero attached hydrogens (tertiary/aromatic N) is 1. The molecule has 0 amide bonds. The summed E-state index contributed by atoms with van der Waals surface area (Å²) in [6.07, 6.45) is 0.769. The SMILES string of the molecule is Cc1ncsc1CCOc1cccc(F)c1C(C)N. The van der Waals surface area contributed by atoms with Gasteiger partial charge in [0.2, 0.25) is 0 Å². The molecule has 5 heteroatoms. The standard InChI is InChI=1S/C14H17FN2OS/c1-9(16)14-11(15)4-3-5-12(14)18-7-6-13-10(2)17-8-19-13/h3-5,8-9H,6-7,16H2,1-2H3. The van der Waals surface area contributed by atoms with Crippen LogP contribution in [0.25, 0.3) is 0 Å². The number of aryl methyl sites for hydroxylation is 1. The summed E-state index contributed by atoms with van der Waals surface area (Å²) in [4.78, 5) is 5.38. The van der Waals surface area contributed by atoms with Gasteiger partial charge < -0.3 is 10.5 Å². The van der Waals surface area contributed by atoms with Crippen LogP contribution in [-0.2, 0) is 6.42 Å². The van der Waals surface area contributed by atoms with Crippen molar-refractivity contribution in [3.8, 4) is 5.75 Å². The predicted octanol–water partition coefficient (Wildman–Crippen LogP) is 3.23. The summed E-state index contributed by atoms with van der Waals surface area (Å²) >= 11 is 1.61. The molecule has 0 radical (unpaired) electrons. The zero-order valence-electron chi connectivity index (χ0n) is 11.0. The summed E-state index contributed by atoms with van der Waals surface area (Å²) in [5, 5.41) is 0. The molecule has 1 atom stereocenters. The zero-order chi connectivity index (χ0) is 13.8. The van der Waals surface area contributed by atoms with Crippen LogP contribution >= 0.6 is 11.3 Å². The molecule has 0 aliphatic heterocycles. The van der Waals surface area contributed by atoms with Crippen molar-refractivity contribution in [1.82, 2.24) is 4.98 Å². The second kappa shape index (κ2) is 6.12. The molecule has 19 heavy (non-hydrogen) atoms. The van der Waals surface area contributed by atoms with Crippen LogP contribution in [0.1, 0.15) is 29.1 Å². The number of nitrogens with two attached hydrogens (primary N) is 1. The molecular formula is C14H17FN2OS. The number of benzene rings is 1. The highest BCUT2D eigenvalue weighted by Gasteiger charge is 2.13. The van der Waals surface area contributed by atoms with E-state index in [-0.39, 0.29) is 11.9 Å². The summed E-state index contributed by atoms with van der Waals surface area (Å²) in [6, 6.07) is 4.40. The van der Waals surface area contributed by atoms with Gasteiger partial charge in [0.25, 0.3) is 0 Å². The summed E-state index contributed by atoms with van der Waals surface area (Å²) < 4.78 is 19.4. The zero-order valence-corrected chi connectivity index (χ0v) is 11.8. The van der Waals surface area contributed by atoms with Gasteiger partial charge in [-0.25, -0.2) is 9.37 Å². The first-order valence-electron chi connectivity index (χ1n) is 6.15. The smallest absolute Gasteiger partial charge is 0.131 e. The third kappa shape index (κ3) is 3.30. The number of halogens is 1. The summed E-state index contributed by atoms with van der Waals surface area (Å²) in [6.45, 7) is 4.21. The molecule has 1 aromatic carbocycles. The van der Waals surface area contributed by atoms with Crippen molar-refractivity contribution in [3.05, 3.63) is 45.7 Å². The topological polar surface area (TPSA) is 48.1 Å². The molecule has 1 heterocycles. The highest BCUT2D eigenvalue weighted by molar-refractivity contribution is 7.09. The van der Waals surface area contributed by atoms with Crippen LogP contribution in [0, 0.1) is 12.7 Å². The maximum atomic E-state index is 13.7. The molecule has 2 aromatic rings. The van der Waals surface area contributed by atoms with Gasteiger partial charge in [0.15, 0.2) is 0 Å². The molecule has 0 fully saturated rings. The van der Waals surface area contributed by atoms with Crippen LogP contribution in [0.5, 0.6) is 5.75 Å². The minimum atomic E-state index is -0.388. The van der Waals surface area contributed by atoms with E-state index in [2.05, 4.69) is 4.98 Å².